The molecule has 8 heteroatoms. The van der Waals surface area contributed by atoms with E-state index in [1.165, 1.54) is 6.07 Å². The first-order valence-electron chi connectivity index (χ1n) is 7.82. The molecule has 1 aliphatic rings. The van der Waals surface area contributed by atoms with Crippen molar-refractivity contribution >= 4 is 17.4 Å². The third kappa shape index (κ3) is 4.53. The fourth-order valence-corrected chi connectivity index (χ4v) is 2.81. The van der Waals surface area contributed by atoms with Crippen molar-refractivity contribution < 1.29 is 23.1 Å². The second-order valence-electron chi connectivity index (χ2n) is 6.18. The smallest absolute Gasteiger partial charge is 0.391 e. The van der Waals surface area contributed by atoms with Gasteiger partial charge >= 0.3 is 12.2 Å². The largest absolute Gasteiger partial charge is 0.416 e. The third-order valence-corrected chi connectivity index (χ3v) is 4.10. The molecule has 0 bridgehead atoms. The number of anilines is 2. The maximum atomic E-state index is 12.9. The van der Waals surface area contributed by atoms with Gasteiger partial charge in [-0.2, -0.15) is 13.2 Å². The highest BCUT2D eigenvalue weighted by Crippen LogP contribution is 2.34. The molecule has 0 aromatic heterocycles. The number of carbonyl (C=O) groups is 1. The molecule has 0 spiro atoms. The van der Waals surface area contributed by atoms with Crippen molar-refractivity contribution in [1.29, 1.82) is 0 Å². The van der Waals surface area contributed by atoms with Gasteiger partial charge in [-0.1, -0.05) is 12.8 Å². The summed E-state index contributed by atoms with van der Waals surface area (Å²) in [6, 6.07) is 2.19. The van der Waals surface area contributed by atoms with Crippen LogP contribution in [0.25, 0.3) is 0 Å². The molecule has 5 nitrogen and oxygen atoms in total. The van der Waals surface area contributed by atoms with E-state index < -0.39 is 23.9 Å². The lowest BCUT2D eigenvalue weighted by atomic mass is 9.93. The second-order valence-corrected chi connectivity index (χ2v) is 6.18. The molecule has 2 amide bonds. The molecule has 0 saturated heterocycles. The summed E-state index contributed by atoms with van der Waals surface area (Å²) in [5.41, 5.74) is -0.305. The van der Waals surface area contributed by atoms with E-state index in [4.69, 9.17) is 0 Å². The first kappa shape index (κ1) is 18.4. The van der Waals surface area contributed by atoms with Crippen molar-refractivity contribution in [3.8, 4) is 0 Å². The van der Waals surface area contributed by atoms with Gasteiger partial charge in [-0.25, -0.2) is 4.79 Å². The molecular weight excluding hydrogens is 323 g/mol. The third-order valence-electron chi connectivity index (χ3n) is 4.10. The van der Waals surface area contributed by atoms with Gasteiger partial charge in [0.2, 0.25) is 0 Å². The molecule has 1 saturated carbocycles. The Kier molecular flexibility index (Phi) is 5.58. The Balaban J connectivity index is 2.15. The van der Waals surface area contributed by atoms with Gasteiger partial charge in [0.15, 0.2) is 0 Å². The highest BCUT2D eigenvalue weighted by Gasteiger charge is 2.31. The van der Waals surface area contributed by atoms with Gasteiger partial charge in [-0.3, -0.25) is 0 Å². The number of halogens is 3. The lowest BCUT2D eigenvalue weighted by Gasteiger charge is -2.28. The maximum Gasteiger partial charge on any atom is 0.416 e. The number of amides is 2. The Morgan fingerprint density at radius 1 is 1.25 bits per heavy atom. The molecule has 0 heterocycles. The van der Waals surface area contributed by atoms with E-state index in [1.54, 1.807) is 19.0 Å². The highest BCUT2D eigenvalue weighted by molar-refractivity contribution is 5.93. The van der Waals surface area contributed by atoms with Gasteiger partial charge in [0.1, 0.15) is 0 Å². The van der Waals surface area contributed by atoms with Crippen LogP contribution in [0.2, 0.25) is 0 Å². The molecule has 1 aromatic rings. The van der Waals surface area contributed by atoms with E-state index in [9.17, 15) is 23.1 Å². The Hall–Kier alpha value is -1.96. The predicted molar refractivity (Wildman–Crippen MR) is 86.2 cm³/mol. The zero-order chi connectivity index (χ0) is 17.9. The van der Waals surface area contributed by atoms with Crippen LogP contribution in [-0.2, 0) is 6.18 Å². The number of nitrogens with one attached hydrogen (secondary N) is 2. The summed E-state index contributed by atoms with van der Waals surface area (Å²) in [6.45, 7) is 0. The van der Waals surface area contributed by atoms with Crippen LogP contribution in [0.3, 0.4) is 0 Å². The van der Waals surface area contributed by atoms with Gasteiger partial charge in [0.05, 0.1) is 29.1 Å². The minimum absolute atomic E-state index is 0.0672. The zero-order valence-corrected chi connectivity index (χ0v) is 13.7. The van der Waals surface area contributed by atoms with Gasteiger partial charge in [-0.15, -0.1) is 0 Å². The summed E-state index contributed by atoms with van der Waals surface area (Å²) in [4.78, 5) is 13.7. The average Bonchev–Trinajstić information content (AvgIpc) is 2.48. The first-order chi connectivity index (χ1) is 11.2. The van der Waals surface area contributed by atoms with Crippen molar-refractivity contribution in [2.45, 2.75) is 44.0 Å². The molecule has 24 heavy (non-hydrogen) atoms. The van der Waals surface area contributed by atoms with Crippen LogP contribution in [0, 0.1) is 0 Å². The number of carbonyl (C=O) groups excluding carboxylic acids is 1. The summed E-state index contributed by atoms with van der Waals surface area (Å²) in [6.07, 6.45) is -2.06. The number of hydrogen-bond acceptors (Lipinski definition) is 3. The van der Waals surface area contributed by atoms with Crippen molar-refractivity contribution in [1.82, 2.24) is 5.32 Å². The number of aliphatic hydroxyl groups excluding tert-OH is 1. The number of hydrogen-bond donors (Lipinski definition) is 3. The fraction of sp³-hybridized carbons (Fsp3) is 0.562. The Morgan fingerprint density at radius 3 is 2.50 bits per heavy atom. The number of alkyl halides is 3. The van der Waals surface area contributed by atoms with Crippen LogP contribution in [-0.4, -0.2) is 37.4 Å². The van der Waals surface area contributed by atoms with E-state index in [1.807, 2.05) is 0 Å². The minimum atomic E-state index is -4.49. The SMILES string of the molecule is CN(C)c1ccc(C(F)(F)F)cc1NC(=O)NC1CCCCC1O. The van der Waals surface area contributed by atoms with Gasteiger partial charge in [0, 0.05) is 14.1 Å². The van der Waals surface area contributed by atoms with Crippen LogP contribution in [0.5, 0.6) is 0 Å². The van der Waals surface area contributed by atoms with Crippen LogP contribution < -0.4 is 15.5 Å². The number of urea groups is 1. The Morgan fingerprint density at radius 2 is 1.92 bits per heavy atom. The van der Waals surface area contributed by atoms with Gasteiger partial charge in [-0.05, 0) is 31.0 Å². The van der Waals surface area contributed by atoms with Crippen molar-refractivity contribution in [3.05, 3.63) is 23.8 Å². The topological polar surface area (TPSA) is 64.6 Å². The lowest BCUT2D eigenvalue weighted by molar-refractivity contribution is -0.137. The standard InChI is InChI=1S/C16H22F3N3O2/c1-22(2)13-8-7-10(16(17,18)19)9-12(13)21-15(24)20-11-5-3-4-6-14(11)23/h7-9,11,14,23H,3-6H2,1-2H3,(H2,20,21,24). The maximum absolute atomic E-state index is 12.9. The quantitative estimate of drug-likeness (QED) is 0.788. The first-order valence-corrected chi connectivity index (χ1v) is 7.82. The molecule has 1 fully saturated rings. The van der Waals surface area contributed by atoms with E-state index in [0.717, 1.165) is 25.0 Å². The average molecular weight is 345 g/mol. The van der Waals surface area contributed by atoms with Crippen molar-refractivity contribution in [2.24, 2.45) is 0 Å². The van der Waals surface area contributed by atoms with Gasteiger partial charge < -0.3 is 20.6 Å². The molecule has 3 N–H and O–H groups in total. The Labute approximate surface area is 138 Å². The molecule has 1 aromatic carbocycles. The van der Waals surface area contributed by atoms with E-state index in [-0.39, 0.29) is 11.7 Å². The normalized spacial score (nSPS) is 21.2. The van der Waals surface area contributed by atoms with Crippen LogP contribution >= 0.6 is 0 Å². The summed E-state index contributed by atoms with van der Waals surface area (Å²) in [5, 5.41) is 15.0. The van der Waals surface area contributed by atoms with Crippen molar-refractivity contribution in [2.75, 3.05) is 24.3 Å². The zero-order valence-electron chi connectivity index (χ0n) is 13.7. The monoisotopic (exact) mass is 345 g/mol. The minimum Gasteiger partial charge on any atom is -0.391 e. The van der Waals surface area contributed by atoms with Crippen LogP contribution in [0.1, 0.15) is 31.2 Å². The molecular formula is C16H22F3N3O2. The summed E-state index contributed by atoms with van der Waals surface area (Å²) in [7, 11) is 3.35. The molecule has 0 radical (unpaired) electrons. The fourth-order valence-electron chi connectivity index (χ4n) is 2.81. The van der Waals surface area contributed by atoms with Crippen LogP contribution in [0.4, 0.5) is 29.3 Å². The van der Waals surface area contributed by atoms with Gasteiger partial charge in [0.25, 0.3) is 0 Å². The molecule has 2 atom stereocenters. The summed E-state index contributed by atoms with van der Waals surface area (Å²) >= 11 is 0. The Bertz CT molecular complexity index is 590. The molecule has 2 unspecified atom stereocenters. The second kappa shape index (κ2) is 7.29. The van der Waals surface area contributed by atoms with Crippen molar-refractivity contribution in [3.63, 3.8) is 0 Å². The highest BCUT2D eigenvalue weighted by atomic mass is 19.4. The molecule has 2 rings (SSSR count). The van der Waals surface area contributed by atoms with E-state index in [2.05, 4.69) is 10.6 Å². The molecule has 1 aliphatic carbocycles. The predicted octanol–water partition coefficient (Wildman–Crippen LogP) is 3.20. The number of aliphatic hydroxyl groups is 1. The van der Waals surface area contributed by atoms with E-state index >= 15 is 0 Å². The number of rotatable bonds is 3. The number of benzene rings is 1. The number of nitrogens with zero attached hydrogens (tertiary/aromatic N) is 1. The van der Waals surface area contributed by atoms with Crippen LogP contribution in [0.15, 0.2) is 18.2 Å². The molecule has 0 aliphatic heterocycles. The summed E-state index contributed by atoms with van der Waals surface area (Å²) < 4.78 is 38.7. The summed E-state index contributed by atoms with van der Waals surface area (Å²) in [5.74, 6) is 0. The lowest BCUT2D eigenvalue weighted by Crippen LogP contribution is -2.46. The molecule has 134 valence electrons. The van der Waals surface area contributed by atoms with E-state index in [0.29, 0.717) is 18.5 Å².